The quantitative estimate of drug-likeness (QED) is 0.936. The normalized spacial score (nSPS) is 10.3. The number of hydrogen-bond acceptors (Lipinski definition) is 4. The van der Waals surface area contributed by atoms with E-state index in [1.165, 1.54) is 11.3 Å². The summed E-state index contributed by atoms with van der Waals surface area (Å²) < 4.78 is 0. The average molecular weight is 282 g/mol. The van der Waals surface area contributed by atoms with Crippen LogP contribution in [0.15, 0.2) is 29.6 Å². The lowest BCUT2D eigenvalue weighted by molar-refractivity contribution is -0.116. The highest BCUT2D eigenvalue weighted by atomic mass is 35.5. The fourth-order valence-electron chi connectivity index (χ4n) is 1.53. The second-order valence-electron chi connectivity index (χ2n) is 3.82. The Bertz CT molecular complexity index is 570. The van der Waals surface area contributed by atoms with Crippen LogP contribution in [0, 0.1) is 0 Å². The molecule has 1 heterocycles. The minimum Gasteiger partial charge on any atom is -0.368 e. The van der Waals surface area contributed by atoms with Crippen LogP contribution in [0.4, 0.5) is 5.13 Å². The van der Waals surface area contributed by atoms with Crippen LogP contribution in [0.3, 0.4) is 0 Å². The van der Waals surface area contributed by atoms with Crippen molar-refractivity contribution < 1.29 is 4.79 Å². The Morgan fingerprint density at radius 2 is 2.22 bits per heavy atom. The van der Waals surface area contributed by atoms with Gasteiger partial charge in [0.15, 0.2) is 5.13 Å². The Balaban J connectivity index is 2.26. The van der Waals surface area contributed by atoms with E-state index in [-0.39, 0.29) is 12.5 Å². The van der Waals surface area contributed by atoms with Gasteiger partial charge in [0, 0.05) is 23.0 Å². The first-order valence-corrected chi connectivity index (χ1v) is 6.53. The highest BCUT2D eigenvalue weighted by Gasteiger charge is 2.11. The van der Waals surface area contributed by atoms with Crippen molar-refractivity contribution in [1.82, 2.24) is 4.98 Å². The van der Waals surface area contributed by atoms with Crippen LogP contribution in [0.5, 0.6) is 0 Å². The monoisotopic (exact) mass is 281 g/mol. The summed E-state index contributed by atoms with van der Waals surface area (Å²) in [6.07, 6.45) is 0. The molecule has 0 unspecified atom stereocenters. The summed E-state index contributed by atoms with van der Waals surface area (Å²) in [5, 5.41) is 3.31. The summed E-state index contributed by atoms with van der Waals surface area (Å²) in [4.78, 5) is 17.0. The number of anilines is 1. The zero-order valence-corrected chi connectivity index (χ0v) is 11.3. The number of benzene rings is 1. The molecular formula is C12H12ClN3OS. The Kier molecular flexibility index (Phi) is 3.84. The second-order valence-corrected chi connectivity index (χ2v) is 5.06. The molecule has 1 aromatic heterocycles. The minimum atomic E-state index is -0.382. The van der Waals surface area contributed by atoms with E-state index >= 15 is 0 Å². The van der Waals surface area contributed by atoms with E-state index in [1.54, 1.807) is 11.9 Å². The van der Waals surface area contributed by atoms with Gasteiger partial charge in [-0.05, 0) is 6.07 Å². The number of thiazole rings is 1. The minimum absolute atomic E-state index is 0.148. The molecule has 0 saturated heterocycles. The van der Waals surface area contributed by atoms with E-state index in [0.717, 1.165) is 16.4 Å². The van der Waals surface area contributed by atoms with Crippen LogP contribution in [0.25, 0.3) is 11.3 Å². The Morgan fingerprint density at radius 1 is 1.50 bits per heavy atom. The van der Waals surface area contributed by atoms with E-state index in [1.807, 2.05) is 29.6 Å². The molecule has 0 bridgehead atoms. The van der Waals surface area contributed by atoms with E-state index in [2.05, 4.69) is 4.98 Å². The molecule has 0 aliphatic carbocycles. The van der Waals surface area contributed by atoms with Gasteiger partial charge < -0.3 is 10.6 Å². The average Bonchev–Trinajstić information content (AvgIpc) is 2.78. The molecule has 2 aromatic rings. The van der Waals surface area contributed by atoms with Gasteiger partial charge in [0.1, 0.15) is 0 Å². The fourth-order valence-corrected chi connectivity index (χ4v) is 2.56. The number of rotatable bonds is 4. The van der Waals surface area contributed by atoms with Gasteiger partial charge in [0.25, 0.3) is 0 Å². The van der Waals surface area contributed by atoms with Gasteiger partial charge >= 0.3 is 0 Å². The lowest BCUT2D eigenvalue weighted by atomic mass is 10.2. The molecular weight excluding hydrogens is 270 g/mol. The molecule has 1 amide bonds. The van der Waals surface area contributed by atoms with Crippen molar-refractivity contribution in [2.45, 2.75) is 0 Å². The molecule has 94 valence electrons. The molecule has 1 aromatic carbocycles. The van der Waals surface area contributed by atoms with Crippen LogP contribution < -0.4 is 10.6 Å². The molecule has 0 spiro atoms. The van der Waals surface area contributed by atoms with Crippen LogP contribution >= 0.6 is 22.9 Å². The number of hydrogen-bond donors (Lipinski definition) is 1. The first kappa shape index (κ1) is 12.9. The standard InChI is InChI=1S/C12H12ClN3OS/c1-16(6-11(14)17)12-15-10(7-18-12)8-4-2-3-5-9(8)13/h2-5,7H,6H2,1H3,(H2,14,17). The molecule has 2 N–H and O–H groups in total. The Morgan fingerprint density at radius 3 is 2.89 bits per heavy atom. The van der Waals surface area contributed by atoms with Crippen LogP contribution in [0.1, 0.15) is 0 Å². The summed E-state index contributed by atoms with van der Waals surface area (Å²) in [5.74, 6) is -0.382. The molecule has 0 fully saturated rings. The number of likely N-dealkylation sites (N-methyl/N-ethyl adjacent to an activating group) is 1. The second kappa shape index (κ2) is 5.37. The lowest BCUT2D eigenvalue weighted by Crippen LogP contribution is -2.30. The maximum Gasteiger partial charge on any atom is 0.237 e. The highest BCUT2D eigenvalue weighted by molar-refractivity contribution is 7.14. The number of carbonyl (C=O) groups excluding carboxylic acids is 1. The number of nitrogens with zero attached hydrogens (tertiary/aromatic N) is 2. The van der Waals surface area contributed by atoms with Crippen molar-refractivity contribution in [1.29, 1.82) is 0 Å². The van der Waals surface area contributed by atoms with Crippen molar-refractivity contribution >= 4 is 34.0 Å². The lowest BCUT2D eigenvalue weighted by Gasteiger charge is -2.12. The smallest absolute Gasteiger partial charge is 0.237 e. The molecule has 18 heavy (non-hydrogen) atoms. The van der Waals surface area contributed by atoms with Crippen molar-refractivity contribution in [3.63, 3.8) is 0 Å². The third kappa shape index (κ3) is 2.80. The molecule has 0 aliphatic rings. The number of amides is 1. The van der Waals surface area contributed by atoms with Gasteiger partial charge in [0.2, 0.25) is 5.91 Å². The first-order chi connectivity index (χ1) is 8.58. The predicted octanol–water partition coefficient (Wildman–Crippen LogP) is 2.38. The highest BCUT2D eigenvalue weighted by Crippen LogP contribution is 2.31. The van der Waals surface area contributed by atoms with E-state index in [4.69, 9.17) is 17.3 Å². The number of carbonyl (C=O) groups is 1. The van der Waals surface area contributed by atoms with Gasteiger partial charge in [-0.2, -0.15) is 0 Å². The maximum absolute atomic E-state index is 10.9. The van der Waals surface area contributed by atoms with Crippen molar-refractivity contribution in [3.8, 4) is 11.3 Å². The first-order valence-electron chi connectivity index (χ1n) is 5.28. The van der Waals surface area contributed by atoms with Crippen LogP contribution in [-0.2, 0) is 4.79 Å². The molecule has 4 nitrogen and oxygen atoms in total. The number of nitrogens with two attached hydrogens (primary N) is 1. The summed E-state index contributed by atoms with van der Waals surface area (Å²) in [6, 6.07) is 7.52. The van der Waals surface area contributed by atoms with Crippen molar-refractivity contribution in [2.24, 2.45) is 5.73 Å². The molecule has 0 aliphatic heterocycles. The zero-order chi connectivity index (χ0) is 13.1. The number of aromatic nitrogens is 1. The van der Waals surface area contributed by atoms with Gasteiger partial charge in [-0.3, -0.25) is 4.79 Å². The van der Waals surface area contributed by atoms with Gasteiger partial charge in [-0.15, -0.1) is 11.3 Å². The summed E-state index contributed by atoms with van der Waals surface area (Å²) in [6.45, 7) is 0.148. The molecule has 2 rings (SSSR count). The fraction of sp³-hybridized carbons (Fsp3) is 0.167. The van der Waals surface area contributed by atoms with E-state index < -0.39 is 0 Å². The van der Waals surface area contributed by atoms with E-state index in [0.29, 0.717) is 5.02 Å². The SMILES string of the molecule is CN(CC(N)=O)c1nc(-c2ccccc2Cl)cs1. The summed E-state index contributed by atoms with van der Waals surface area (Å²) in [5.41, 5.74) is 6.83. The largest absolute Gasteiger partial charge is 0.368 e. The van der Waals surface area contributed by atoms with Crippen LogP contribution in [-0.4, -0.2) is 24.5 Å². The number of halogens is 1. The molecule has 6 heteroatoms. The van der Waals surface area contributed by atoms with Gasteiger partial charge in [0.05, 0.1) is 12.2 Å². The number of primary amides is 1. The molecule has 0 saturated carbocycles. The topological polar surface area (TPSA) is 59.2 Å². The van der Waals surface area contributed by atoms with Gasteiger partial charge in [-0.25, -0.2) is 4.98 Å². The van der Waals surface area contributed by atoms with E-state index in [9.17, 15) is 4.79 Å². The Labute approximate surface area is 114 Å². The third-order valence-electron chi connectivity index (χ3n) is 2.36. The summed E-state index contributed by atoms with van der Waals surface area (Å²) in [7, 11) is 1.78. The third-order valence-corrected chi connectivity index (χ3v) is 3.65. The zero-order valence-electron chi connectivity index (χ0n) is 9.76. The van der Waals surface area contributed by atoms with Gasteiger partial charge in [-0.1, -0.05) is 29.8 Å². The maximum atomic E-state index is 10.9. The Hall–Kier alpha value is -1.59. The predicted molar refractivity (Wildman–Crippen MR) is 75.0 cm³/mol. The van der Waals surface area contributed by atoms with Crippen LogP contribution in [0.2, 0.25) is 5.02 Å². The molecule has 0 radical (unpaired) electrons. The summed E-state index contributed by atoms with van der Waals surface area (Å²) >= 11 is 7.56. The van der Waals surface area contributed by atoms with Crippen molar-refractivity contribution in [3.05, 3.63) is 34.7 Å². The van der Waals surface area contributed by atoms with Crippen molar-refractivity contribution in [2.75, 3.05) is 18.5 Å². The molecule has 0 atom stereocenters.